The lowest BCUT2D eigenvalue weighted by Crippen LogP contribution is -2.20. The van der Waals surface area contributed by atoms with E-state index in [-0.39, 0.29) is 0 Å². The summed E-state index contributed by atoms with van der Waals surface area (Å²) in [5.41, 5.74) is 2.78. The summed E-state index contributed by atoms with van der Waals surface area (Å²) >= 11 is 6.73. The zero-order valence-electron chi connectivity index (χ0n) is 14.1. The molecule has 0 spiro atoms. The highest BCUT2D eigenvalue weighted by Gasteiger charge is 2.14. The standard InChI is InChI=1S/C23H17ClN2/c24-23(25-22-17-9-11-18-10-7-8-16-21(18)22)26(19-12-3-1-4-13-19)20-14-5-2-6-15-20/h1-17H. The van der Waals surface area contributed by atoms with Crippen LogP contribution in [0.2, 0.25) is 0 Å². The Morgan fingerprint density at radius 2 is 1.15 bits per heavy atom. The molecule has 0 radical (unpaired) electrons. The normalized spacial score (nSPS) is 11.5. The van der Waals surface area contributed by atoms with Gasteiger partial charge in [0.1, 0.15) is 0 Å². The molecule has 0 atom stereocenters. The lowest BCUT2D eigenvalue weighted by atomic mass is 10.1. The number of anilines is 2. The number of rotatable bonds is 3. The molecule has 2 nitrogen and oxygen atoms in total. The Balaban J connectivity index is 1.84. The van der Waals surface area contributed by atoms with E-state index >= 15 is 0 Å². The van der Waals surface area contributed by atoms with Crippen LogP contribution >= 0.6 is 11.6 Å². The quantitative estimate of drug-likeness (QED) is 0.221. The van der Waals surface area contributed by atoms with Crippen molar-refractivity contribution in [1.29, 1.82) is 0 Å². The van der Waals surface area contributed by atoms with Crippen molar-refractivity contribution in [1.82, 2.24) is 0 Å². The minimum atomic E-state index is 0.402. The van der Waals surface area contributed by atoms with Gasteiger partial charge in [0.25, 0.3) is 0 Å². The van der Waals surface area contributed by atoms with Crippen LogP contribution in [0.4, 0.5) is 17.1 Å². The van der Waals surface area contributed by atoms with E-state index in [0.29, 0.717) is 5.29 Å². The van der Waals surface area contributed by atoms with E-state index in [2.05, 4.69) is 18.2 Å². The number of aliphatic imine (C=N–C) groups is 1. The molecule has 0 saturated heterocycles. The van der Waals surface area contributed by atoms with Gasteiger partial charge in [-0.25, -0.2) is 4.99 Å². The summed E-state index contributed by atoms with van der Waals surface area (Å²) in [7, 11) is 0. The second kappa shape index (κ2) is 7.42. The molecule has 0 heterocycles. The third kappa shape index (κ3) is 3.32. The van der Waals surface area contributed by atoms with Crippen molar-refractivity contribution in [2.24, 2.45) is 4.99 Å². The van der Waals surface area contributed by atoms with Crippen molar-refractivity contribution in [2.45, 2.75) is 0 Å². The molecular weight excluding hydrogens is 340 g/mol. The van der Waals surface area contributed by atoms with Crippen LogP contribution in [0.5, 0.6) is 0 Å². The molecule has 4 rings (SSSR count). The molecule has 0 fully saturated rings. The summed E-state index contributed by atoms with van der Waals surface area (Å²) < 4.78 is 0. The molecule has 0 aliphatic rings. The van der Waals surface area contributed by atoms with Gasteiger partial charge in [-0.2, -0.15) is 0 Å². The fourth-order valence-electron chi connectivity index (χ4n) is 2.97. The largest absolute Gasteiger partial charge is 0.285 e. The fourth-order valence-corrected chi connectivity index (χ4v) is 3.26. The SMILES string of the molecule is ClC(=Nc1cccc2ccccc12)N(c1ccccc1)c1ccccc1. The Kier molecular flexibility index (Phi) is 4.67. The van der Waals surface area contributed by atoms with E-state index in [1.807, 2.05) is 89.8 Å². The molecule has 0 aliphatic heterocycles. The highest BCUT2D eigenvalue weighted by atomic mass is 35.5. The third-order valence-corrected chi connectivity index (χ3v) is 4.45. The minimum absolute atomic E-state index is 0.402. The smallest absolute Gasteiger partial charge is 0.208 e. The molecule has 0 aliphatic carbocycles. The zero-order chi connectivity index (χ0) is 17.8. The highest BCUT2D eigenvalue weighted by Crippen LogP contribution is 2.30. The number of benzene rings is 4. The number of fused-ring (bicyclic) bond motifs is 1. The van der Waals surface area contributed by atoms with Crippen LogP contribution in [0.1, 0.15) is 0 Å². The number of halogens is 1. The molecular formula is C23H17ClN2. The summed E-state index contributed by atoms with van der Waals surface area (Å²) in [6.07, 6.45) is 0. The second-order valence-corrected chi connectivity index (χ2v) is 6.22. The summed E-state index contributed by atoms with van der Waals surface area (Å²) in [5.74, 6) is 0. The Bertz CT molecular complexity index is 998. The van der Waals surface area contributed by atoms with Gasteiger partial charge in [0.2, 0.25) is 5.29 Å². The predicted octanol–water partition coefficient (Wildman–Crippen LogP) is 6.90. The monoisotopic (exact) mass is 356 g/mol. The first kappa shape index (κ1) is 16.4. The van der Waals surface area contributed by atoms with E-state index in [0.717, 1.165) is 27.8 Å². The highest BCUT2D eigenvalue weighted by molar-refractivity contribution is 6.69. The Hall–Kier alpha value is -3.10. The van der Waals surface area contributed by atoms with Crippen LogP contribution in [0, 0.1) is 0 Å². The Labute approximate surface area is 158 Å². The van der Waals surface area contributed by atoms with Crippen molar-refractivity contribution in [3.05, 3.63) is 103 Å². The molecule has 4 aromatic rings. The second-order valence-electron chi connectivity index (χ2n) is 5.89. The molecule has 4 aromatic carbocycles. The van der Waals surface area contributed by atoms with Crippen LogP contribution in [0.25, 0.3) is 10.8 Å². The molecule has 0 N–H and O–H groups in total. The molecule has 0 aromatic heterocycles. The van der Waals surface area contributed by atoms with Gasteiger partial charge in [0.05, 0.1) is 5.69 Å². The van der Waals surface area contributed by atoms with Crippen molar-refractivity contribution in [2.75, 3.05) is 4.90 Å². The summed E-state index contributed by atoms with van der Waals surface area (Å²) in [4.78, 5) is 6.70. The molecule has 3 heteroatoms. The van der Waals surface area contributed by atoms with Crippen LogP contribution in [-0.4, -0.2) is 5.29 Å². The van der Waals surface area contributed by atoms with E-state index in [4.69, 9.17) is 16.6 Å². The van der Waals surface area contributed by atoms with E-state index in [9.17, 15) is 0 Å². The van der Waals surface area contributed by atoms with E-state index in [1.54, 1.807) is 0 Å². The topological polar surface area (TPSA) is 15.6 Å². The first-order chi connectivity index (χ1) is 12.8. The lowest BCUT2D eigenvalue weighted by Gasteiger charge is -2.23. The van der Waals surface area contributed by atoms with Gasteiger partial charge in [-0.1, -0.05) is 72.8 Å². The average molecular weight is 357 g/mol. The average Bonchev–Trinajstić information content (AvgIpc) is 2.70. The van der Waals surface area contributed by atoms with Crippen molar-refractivity contribution in [3.8, 4) is 0 Å². The lowest BCUT2D eigenvalue weighted by molar-refractivity contribution is 1.35. The van der Waals surface area contributed by atoms with Gasteiger partial charge in [0.15, 0.2) is 0 Å². The molecule has 0 saturated carbocycles. The third-order valence-electron chi connectivity index (χ3n) is 4.19. The van der Waals surface area contributed by atoms with Gasteiger partial charge in [0, 0.05) is 16.8 Å². The van der Waals surface area contributed by atoms with E-state index in [1.165, 1.54) is 0 Å². The van der Waals surface area contributed by atoms with Crippen molar-refractivity contribution in [3.63, 3.8) is 0 Å². The number of hydrogen-bond acceptors (Lipinski definition) is 1. The van der Waals surface area contributed by atoms with E-state index < -0.39 is 0 Å². The van der Waals surface area contributed by atoms with Crippen molar-refractivity contribution < 1.29 is 0 Å². The van der Waals surface area contributed by atoms with Crippen LogP contribution < -0.4 is 4.90 Å². The maximum atomic E-state index is 6.73. The Morgan fingerprint density at radius 1 is 0.615 bits per heavy atom. The molecule has 0 bridgehead atoms. The molecule has 126 valence electrons. The van der Waals surface area contributed by atoms with Gasteiger partial charge in [-0.15, -0.1) is 0 Å². The number of para-hydroxylation sites is 2. The summed E-state index contributed by atoms with van der Waals surface area (Å²) in [5, 5.41) is 2.62. The van der Waals surface area contributed by atoms with Gasteiger partial charge >= 0.3 is 0 Å². The van der Waals surface area contributed by atoms with Crippen LogP contribution in [0.3, 0.4) is 0 Å². The predicted molar refractivity (Wildman–Crippen MR) is 112 cm³/mol. The van der Waals surface area contributed by atoms with Gasteiger partial charge in [-0.3, -0.25) is 4.90 Å². The maximum absolute atomic E-state index is 6.73. The van der Waals surface area contributed by atoms with Gasteiger partial charge in [-0.05, 0) is 47.3 Å². The van der Waals surface area contributed by atoms with Gasteiger partial charge < -0.3 is 0 Å². The molecule has 0 unspecified atom stereocenters. The maximum Gasteiger partial charge on any atom is 0.208 e. The van der Waals surface area contributed by atoms with Crippen LogP contribution in [0.15, 0.2) is 108 Å². The van der Waals surface area contributed by atoms with Crippen molar-refractivity contribution >= 4 is 44.7 Å². The fraction of sp³-hybridized carbons (Fsp3) is 0. The van der Waals surface area contributed by atoms with Crippen LogP contribution in [-0.2, 0) is 0 Å². The minimum Gasteiger partial charge on any atom is -0.285 e. The first-order valence-corrected chi connectivity index (χ1v) is 8.83. The Morgan fingerprint density at radius 3 is 1.81 bits per heavy atom. The zero-order valence-corrected chi connectivity index (χ0v) is 14.8. The number of hydrogen-bond donors (Lipinski definition) is 0. The first-order valence-electron chi connectivity index (χ1n) is 8.45. The molecule has 26 heavy (non-hydrogen) atoms. The summed E-state index contributed by atoms with van der Waals surface area (Å²) in [6.45, 7) is 0. The molecule has 0 amide bonds. The number of nitrogens with zero attached hydrogens (tertiary/aromatic N) is 2. The summed E-state index contributed by atoms with van der Waals surface area (Å²) in [6, 6.07) is 34.3. The number of amidine groups is 1.